The number of alkyl halides is 4. The van der Waals surface area contributed by atoms with Crippen molar-refractivity contribution in [3.63, 3.8) is 0 Å². The van der Waals surface area contributed by atoms with E-state index in [1.165, 1.54) is 4.90 Å². The van der Waals surface area contributed by atoms with Crippen LogP contribution < -0.4 is 5.32 Å². The van der Waals surface area contributed by atoms with Crippen LogP contribution in [0.2, 0.25) is 0 Å². The molecular weight excluding hydrogens is 474 g/mol. The Morgan fingerprint density at radius 3 is 2.64 bits per heavy atom. The number of nitrogens with one attached hydrogen (secondary N) is 2. The van der Waals surface area contributed by atoms with E-state index >= 15 is 0 Å². The molecule has 6 nitrogen and oxygen atoms in total. The molecule has 0 radical (unpaired) electrons. The van der Waals surface area contributed by atoms with Crippen LogP contribution in [-0.4, -0.2) is 77.2 Å². The third-order valence-electron chi connectivity index (χ3n) is 6.84. The third-order valence-corrected chi connectivity index (χ3v) is 6.84. The van der Waals surface area contributed by atoms with Gasteiger partial charge in [-0.3, -0.25) is 19.2 Å². The van der Waals surface area contributed by atoms with Crippen LogP contribution in [0.25, 0.3) is 5.57 Å². The van der Waals surface area contributed by atoms with Gasteiger partial charge in [-0.05, 0) is 48.6 Å². The Balaban J connectivity index is 1.59. The minimum absolute atomic E-state index is 0.232. The maximum absolute atomic E-state index is 13.5. The number of allylic oxidation sites excluding steroid dienone is 1. The highest BCUT2D eigenvalue weighted by molar-refractivity contribution is 6.07. The van der Waals surface area contributed by atoms with Crippen molar-refractivity contribution in [2.45, 2.75) is 44.1 Å². The fraction of sp³-hybridized carbons (Fsp3) is 0.462. The number of nitrogens with zero attached hydrogens (tertiary/aromatic N) is 3. The Kier molecular flexibility index (Phi) is 7.94. The van der Waals surface area contributed by atoms with Crippen molar-refractivity contribution in [3.8, 4) is 0 Å². The molecule has 1 aromatic carbocycles. The molecule has 10 heteroatoms. The lowest BCUT2D eigenvalue weighted by molar-refractivity contribution is -0.155. The Labute approximate surface area is 208 Å². The van der Waals surface area contributed by atoms with Gasteiger partial charge in [-0.1, -0.05) is 18.2 Å². The number of aromatic nitrogens is 1. The zero-order valence-electron chi connectivity index (χ0n) is 20.1. The molecule has 1 saturated heterocycles. The summed E-state index contributed by atoms with van der Waals surface area (Å²) in [4.78, 5) is 8.16. The number of halogens is 4. The van der Waals surface area contributed by atoms with Gasteiger partial charge in [-0.2, -0.15) is 13.2 Å². The molecule has 2 aliphatic heterocycles. The lowest BCUT2D eigenvalue weighted by Crippen LogP contribution is -2.54. The second-order valence-electron chi connectivity index (χ2n) is 9.50. The monoisotopic (exact) mass is 505 g/mol. The van der Waals surface area contributed by atoms with E-state index in [1.54, 1.807) is 31.3 Å². The Bertz CT molecular complexity index is 1080. The van der Waals surface area contributed by atoms with E-state index in [0.29, 0.717) is 29.7 Å². The smallest absolute Gasteiger partial charge is 0.401 e. The summed E-state index contributed by atoms with van der Waals surface area (Å²) < 4.78 is 53.0. The standard InChI is InChI=1S/C26H31F4N5O/c1-17-9-19-10-18(20(11-31)15-36)3-5-23(19)25(35(17)16-26(28,29)30)24-6-4-21(12-32-24)33-22-13-34(14-22)8-2-7-27/h3-6,10-12,15,17,22,25,31,33,36H,2,7-9,13-14,16H2,1H3/b20-15+,31-11?/t17-,25+/m1/s1. The molecule has 1 aromatic heterocycles. The number of rotatable bonds is 9. The average Bonchev–Trinajstić information content (AvgIpc) is 2.81. The summed E-state index contributed by atoms with van der Waals surface area (Å²) in [7, 11) is 0. The number of anilines is 1. The summed E-state index contributed by atoms with van der Waals surface area (Å²) >= 11 is 0. The van der Waals surface area contributed by atoms with Gasteiger partial charge in [0.1, 0.15) is 0 Å². The second kappa shape index (κ2) is 11.0. The summed E-state index contributed by atoms with van der Waals surface area (Å²) in [6.45, 7) is 2.76. The van der Waals surface area contributed by atoms with Gasteiger partial charge in [0.15, 0.2) is 0 Å². The van der Waals surface area contributed by atoms with E-state index in [9.17, 15) is 22.7 Å². The fourth-order valence-corrected chi connectivity index (χ4v) is 5.09. The fourth-order valence-electron chi connectivity index (χ4n) is 5.09. The van der Waals surface area contributed by atoms with Crippen LogP contribution in [0.3, 0.4) is 0 Å². The first-order valence-corrected chi connectivity index (χ1v) is 12.0. The van der Waals surface area contributed by atoms with E-state index in [4.69, 9.17) is 5.41 Å². The normalized spacial score (nSPS) is 21.6. The van der Waals surface area contributed by atoms with Crippen LogP contribution >= 0.6 is 0 Å². The number of likely N-dealkylation sites (tertiary alicyclic amines) is 1. The summed E-state index contributed by atoms with van der Waals surface area (Å²) in [5.41, 5.74) is 3.88. The number of fused-ring (bicyclic) bond motifs is 1. The van der Waals surface area contributed by atoms with E-state index in [2.05, 4.69) is 15.2 Å². The Morgan fingerprint density at radius 1 is 1.25 bits per heavy atom. The topological polar surface area (TPSA) is 75.5 Å². The number of aliphatic hydroxyl groups is 1. The number of benzene rings is 1. The van der Waals surface area contributed by atoms with Crippen LogP contribution in [0, 0.1) is 5.41 Å². The van der Waals surface area contributed by atoms with Gasteiger partial charge in [0.25, 0.3) is 0 Å². The molecule has 0 unspecified atom stereocenters. The summed E-state index contributed by atoms with van der Waals surface area (Å²) in [5.74, 6) is 0. The number of hydrogen-bond donors (Lipinski definition) is 3. The highest BCUT2D eigenvalue weighted by Crippen LogP contribution is 2.40. The first-order valence-electron chi connectivity index (χ1n) is 12.0. The summed E-state index contributed by atoms with van der Waals surface area (Å²) in [6, 6.07) is 8.07. The van der Waals surface area contributed by atoms with Gasteiger partial charge in [0.2, 0.25) is 0 Å². The van der Waals surface area contributed by atoms with Gasteiger partial charge in [0, 0.05) is 37.5 Å². The molecule has 4 rings (SSSR count). The zero-order chi connectivity index (χ0) is 25.9. The third kappa shape index (κ3) is 5.87. The highest BCUT2D eigenvalue weighted by atomic mass is 19.4. The first-order chi connectivity index (χ1) is 17.2. The van der Waals surface area contributed by atoms with E-state index in [0.717, 1.165) is 48.9 Å². The molecule has 0 aliphatic carbocycles. The molecule has 194 valence electrons. The molecule has 0 bridgehead atoms. The van der Waals surface area contributed by atoms with Crippen LogP contribution in [0.5, 0.6) is 0 Å². The molecular formula is C26H31F4N5O. The number of pyridine rings is 1. The largest absolute Gasteiger partial charge is 0.515 e. The Morgan fingerprint density at radius 2 is 2.03 bits per heavy atom. The molecule has 1 fully saturated rings. The molecule has 2 aliphatic rings. The highest BCUT2D eigenvalue weighted by Gasteiger charge is 2.41. The zero-order valence-corrected chi connectivity index (χ0v) is 20.1. The molecule has 3 N–H and O–H groups in total. The van der Waals surface area contributed by atoms with Crippen LogP contribution in [0.1, 0.15) is 41.8 Å². The lowest BCUT2D eigenvalue weighted by Gasteiger charge is -2.42. The van der Waals surface area contributed by atoms with Crippen molar-refractivity contribution < 1.29 is 22.7 Å². The minimum atomic E-state index is -4.36. The second-order valence-corrected chi connectivity index (χ2v) is 9.50. The van der Waals surface area contributed by atoms with Gasteiger partial charge in [-0.25, -0.2) is 0 Å². The van der Waals surface area contributed by atoms with Crippen molar-refractivity contribution in [1.29, 1.82) is 5.41 Å². The molecule has 36 heavy (non-hydrogen) atoms. The number of hydrogen-bond acceptors (Lipinski definition) is 6. The Hall–Kier alpha value is -2.98. The van der Waals surface area contributed by atoms with Crippen molar-refractivity contribution in [3.05, 3.63) is 65.2 Å². The maximum atomic E-state index is 13.5. The predicted molar refractivity (Wildman–Crippen MR) is 132 cm³/mol. The van der Waals surface area contributed by atoms with Crippen LogP contribution in [0.15, 0.2) is 42.8 Å². The quantitative estimate of drug-likeness (QED) is 0.255. The summed E-state index contributed by atoms with van der Waals surface area (Å²) in [5, 5.41) is 20.3. The molecule has 3 heterocycles. The maximum Gasteiger partial charge on any atom is 0.401 e. The van der Waals surface area contributed by atoms with Crippen molar-refractivity contribution in [2.24, 2.45) is 0 Å². The molecule has 0 saturated carbocycles. The van der Waals surface area contributed by atoms with Gasteiger partial charge in [-0.15, -0.1) is 0 Å². The number of aliphatic hydroxyl groups excluding tert-OH is 1. The molecule has 0 spiro atoms. The van der Waals surface area contributed by atoms with Crippen LogP contribution in [0.4, 0.5) is 23.2 Å². The van der Waals surface area contributed by atoms with E-state index in [-0.39, 0.29) is 12.7 Å². The van der Waals surface area contributed by atoms with Crippen molar-refractivity contribution in [2.75, 3.05) is 38.2 Å². The molecule has 2 atom stereocenters. The molecule has 0 amide bonds. The SMILES string of the molecule is C[C@@H]1Cc2cc(/C(C=N)=C/O)ccc2[C@@H](c2ccc(NC3CN(CCCF)C3)cn2)N1CC(F)(F)F. The van der Waals surface area contributed by atoms with Crippen LogP contribution in [-0.2, 0) is 6.42 Å². The predicted octanol–water partition coefficient (Wildman–Crippen LogP) is 4.98. The average molecular weight is 506 g/mol. The van der Waals surface area contributed by atoms with E-state index in [1.807, 2.05) is 12.1 Å². The van der Waals surface area contributed by atoms with Crippen molar-refractivity contribution >= 4 is 17.5 Å². The minimum Gasteiger partial charge on any atom is -0.515 e. The summed E-state index contributed by atoms with van der Waals surface area (Å²) in [6.07, 6.45) is 0.115. The van der Waals surface area contributed by atoms with Gasteiger partial charge >= 0.3 is 6.18 Å². The molecule has 2 aromatic rings. The first kappa shape index (κ1) is 26.1. The van der Waals surface area contributed by atoms with E-state index < -0.39 is 24.8 Å². The van der Waals surface area contributed by atoms with Crippen molar-refractivity contribution in [1.82, 2.24) is 14.8 Å². The van der Waals surface area contributed by atoms with Gasteiger partial charge in [0.05, 0.1) is 49.1 Å². The van der Waals surface area contributed by atoms with Gasteiger partial charge < -0.3 is 15.8 Å². The lowest BCUT2D eigenvalue weighted by atomic mass is 9.85.